The molecular formula is C24H25ClFN5O3. The maximum absolute atomic E-state index is 13.5. The molecule has 3 aromatic rings. The predicted octanol–water partition coefficient (Wildman–Crippen LogP) is 3.77. The SMILES string of the molecule is COc1cc2ncnc(Nc3ccc(F)c(Cl)c3)c2cc1OCCCN1CC2(CNC(=O)C2)C1. The van der Waals surface area contributed by atoms with Crippen molar-refractivity contribution in [1.82, 2.24) is 20.2 Å². The first-order chi connectivity index (χ1) is 16.4. The largest absolute Gasteiger partial charge is 0.493 e. The average Bonchev–Trinajstić information content (AvgIpc) is 3.20. The molecule has 1 spiro atoms. The Morgan fingerprint density at radius 2 is 2.09 bits per heavy atom. The van der Waals surface area contributed by atoms with E-state index in [4.69, 9.17) is 21.1 Å². The Hall–Kier alpha value is -3.17. The molecule has 2 fully saturated rings. The number of hydrogen-bond acceptors (Lipinski definition) is 7. The number of aromatic nitrogens is 2. The van der Waals surface area contributed by atoms with Crippen molar-refractivity contribution in [2.75, 3.05) is 45.2 Å². The summed E-state index contributed by atoms with van der Waals surface area (Å²) in [4.78, 5) is 22.5. The van der Waals surface area contributed by atoms with Gasteiger partial charge in [-0.15, -0.1) is 0 Å². The summed E-state index contributed by atoms with van der Waals surface area (Å²) in [6.07, 6.45) is 2.93. The Morgan fingerprint density at radius 3 is 2.82 bits per heavy atom. The average molecular weight is 486 g/mol. The molecular weight excluding hydrogens is 461 g/mol. The van der Waals surface area contributed by atoms with E-state index in [1.165, 1.54) is 18.5 Å². The fourth-order valence-corrected chi connectivity index (χ4v) is 4.83. The van der Waals surface area contributed by atoms with Crippen molar-refractivity contribution in [2.45, 2.75) is 12.8 Å². The minimum absolute atomic E-state index is 0.0259. The molecule has 2 aliphatic rings. The minimum atomic E-state index is -0.484. The van der Waals surface area contributed by atoms with Gasteiger partial charge in [0.15, 0.2) is 11.5 Å². The second-order valence-electron chi connectivity index (χ2n) is 8.86. The molecule has 1 amide bonds. The van der Waals surface area contributed by atoms with E-state index in [0.717, 1.165) is 38.0 Å². The van der Waals surface area contributed by atoms with Crippen LogP contribution < -0.4 is 20.1 Å². The highest BCUT2D eigenvalue weighted by molar-refractivity contribution is 6.31. The van der Waals surface area contributed by atoms with Crippen molar-refractivity contribution in [2.24, 2.45) is 5.41 Å². The lowest BCUT2D eigenvalue weighted by molar-refractivity contribution is -0.120. The molecule has 10 heteroatoms. The molecule has 0 atom stereocenters. The van der Waals surface area contributed by atoms with Gasteiger partial charge < -0.3 is 25.0 Å². The Kier molecular flexibility index (Phi) is 6.14. The van der Waals surface area contributed by atoms with Crippen molar-refractivity contribution < 1.29 is 18.7 Å². The summed E-state index contributed by atoms with van der Waals surface area (Å²) >= 11 is 5.91. The smallest absolute Gasteiger partial charge is 0.220 e. The van der Waals surface area contributed by atoms with Gasteiger partial charge in [-0.05, 0) is 30.7 Å². The van der Waals surface area contributed by atoms with Crippen molar-refractivity contribution in [3.63, 3.8) is 0 Å². The molecule has 34 heavy (non-hydrogen) atoms. The zero-order valence-electron chi connectivity index (χ0n) is 18.7. The minimum Gasteiger partial charge on any atom is -0.493 e. The van der Waals surface area contributed by atoms with Gasteiger partial charge in [-0.3, -0.25) is 4.79 Å². The number of halogens is 2. The lowest BCUT2D eigenvalue weighted by Gasteiger charge is -2.47. The van der Waals surface area contributed by atoms with E-state index < -0.39 is 5.82 Å². The summed E-state index contributed by atoms with van der Waals surface area (Å²) in [6, 6.07) is 8.04. The van der Waals surface area contributed by atoms with E-state index in [1.54, 1.807) is 19.2 Å². The van der Waals surface area contributed by atoms with Crippen LogP contribution in [0.3, 0.4) is 0 Å². The van der Waals surface area contributed by atoms with Crippen LogP contribution in [0.2, 0.25) is 5.02 Å². The van der Waals surface area contributed by atoms with E-state index in [1.807, 2.05) is 6.07 Å². The third kappa shape index (κ3) is 4.58. The van der Waals surface area contributed by atoms with Crippen LogP contribution >= 0.6 is 11.6 Å². The number of anilines is 2. The second-order valence-corrected chi connectivity index (χ2v) is 9.27. The van der Waals surface area contributed by atoms with Crippen LogP contribution in [0.5, 0.6) is 11.5 Å². The van der Waals surface area contributed by atoms with Gasteiger partial charge in [0.25, 0.3) is 0 Å². The van der Waals surface area contributed by atoms with Crippen LogP contribution in [0.25, 0.3) is 10.9 Å². The van der Waals surface area contributed by atoms with Gasteiger partial charge in [-0.2, -0.15) is 0 Å². The van der Waals surface area contributed by atoms with Crippen LogP contribution in [0.4, 0.5) is 15.9 Å². The van der Waals surface area contributed by atoms with Crippen LogP contribution in [0, 0.1) is 11.2 Å². The molecule has 5 rings (SSSR count). The van der Waals surface area contributed by atoms with Gasteiger partial charge in [-0.25, -0.2) is 14.4 Å². The Labute approximate surface area is 201 Å². The number of hydrogen-bond donors (Lipinski definition) is 2. The van der Waals surface area contributed by atoms with Crippen molar-refractivity contribution in [3.05, 3.63) is 47.5 Å². The molecule has 1 aromatic heterocycles. The Bertz CT molecular complexity index is 1230. The monoisotopic (exact) mass is 485 g/mol. The number of rotatable bonds is 8. The number of ether oxygens (including phenoxy) is 2. The van der Waals surface area contributed by atoms with Crippen molar-refractivity contribution in [3.8, 4) is 11.5 Å². The molecule has 0 saturated carbocycles. The molecule has 2 aromatic carbocycles. The molecule has 3 heterocycles. The van der Waals surface area contributed by atoms with Gasteiger partial charge in [0, 0.05) is 55.2 Å². The number of carbonyl (C=O) groups is 1. The van der Waals surface area contributed by atoms with E-state index >= 15 is 0 Å². The zero-order chi connectivity index (χ0) is 23.7. The molecule has 8 nitrogen and oxygen atoms in total. The molecule has 2 aliphatic heterocycles. The summed E-state index contributed by atoms with van der Waals surface area (Å²) in [7, 11) is 1.59. The molecule has 2 saturated heterocycles. The highest BCUT2D eigenvalue weighted by Gasteiger charge is 2.47. The number of nitrogens with zero attached hydrogens (tertiary/aromatic N) is 3. The van der Waals surface area contributed by atoms with Gasteiger partial charge in [0.05, 0.1) is 24.3 Å². The normalized spacial score (nSPS) is 17.0. The fourth-order valence-electron chi connectivity index (χ4n) is 4.65. The molecule has 0 aliphatic carbocycles. The number of likely N-dealkylation sites (tertiary alicyclic amines) is 1. The van der Waals surface area contributed by atoms with Crippen molar-refractivity contribution in [1.29, 1.82) is 0 Å². The van der Waals surface area contributed by atoms with E-state index in [0.29, 0.717) is 41.5 Å². The topological polar surface area (TPSA) is 88.6 Å². The number of methoxy groups -OCH3 is 1. The van der Waals surface area contributed by atoms with E-state index in [-0.39, 0.29) is 16.3 Å². The van der Waals surface area contributed by atoms with Crippen molar-refractivity contribution >= 4 is 39.9 Å². The zero-order valence-corrected chi connectivity index (χ0v) is 19.5. The number of nitrogens with one attached hydrogen (secondary N) is 2. The first kappa shape index (κ1) is 22.6. The van der Waals surface area contributed by atoms with Gasteiger partial charge in [0.2, 0.25) is 5.91 Å². The summed E-state index contributed by atoms with van der Waals surface area (Å²) in [5, 5.41) is 6.86. The third-order valence-corrected chi connectivity index (χ3v) is 6.58. The molecule has 178 valence electrons. The molecule has 0 bridgehead atoms. The predicted molar refractivity (Wildman–Crippen MR) is 127 cm³/mol. The van der Waals surface area contributed by atoms with Gasteiger partial charge in [-0.1, -0.05) is 11.6 Å². The summed E-state index contributed by atoms with van der Waals surface area (Å²) in [6.45, 7) is 4.12. The lowest BCUT2D eigenvalue weighted by Crippen LogP contribution is -2.57. The number of fused-ring (bicyclic) bond motifs is 1. The maximum atomic E-state index is 13.5. The summed E-state index contributed by atoms with van der Waals surface area (Å²) in [5.74, 6) is 1.40. The van der Waals surface area contributed by atoms with Crippen LogP contribution in [-0.2, 0) is 4.79 Å². The van der Waals surface area contributed by atoms with Gasteiger partial charge in [0.1, 0.15) is 18.0 Å². The van der Waals surface area contributed by atoms with Crippen LogP contribution in [0.15, 0.2) is 36.7 Å². The van der Waals surface area contributed by atoms with Crippen LogP contribution in [0.1, 0.15) is 12.8 Å². The fraction of sp³-hybridized carbons (Fsp3) is 0.375. The molecule has 0 radical (unpaired) electrons. The molecule has 2 N–H and O–H groups in total. The van der Waals surface area contributed by atoms with E-state index in [9.17, 15) is 9.18 Å². The standard InChI is InChI=1S/C24H25ClFN5O3/c1-33-20-9-19-16(23(29-14-28-19)30-15-3-4-18(26)17(25)7-15)8-21(20)34-6-2-5-31-12-24(13-31)10-22(32)27-11-24/h3-4,7-9,14H,2,5-6,10-13H2,1H3,(H,27,32)(H,28,29,30). The first-order valence-corrected chi connectivity index (χ1v) is 11.5. The summed E-state index contributed by atoms with van der Waals surface area (Å²) in [5.41, 5.74) is 1.43. The molecule has 0 unspecified atom stereocenters. The lowest BCUT2D eigenvalue weighted by atomic mass is 9.79. The Balaban J connectivity index is 1.25. The number of benzene rings is 2. The number of carbonyl (C=O) groups excluding carboxylic acids is 1. The summed E-state index contributed by atoms with van der Waals surface area (Å²) < 4.78 is 25.1. The number of amides is 1. The highest BCUT2D eigenvalue weighted by Crippen LogP contribution is 2.37. The van der Waals surface area contributed by atoms with Gasteiger partial charge >= 0.3 is 0 Å². The Morgan fingerprint density at radius 1 is 1.24 bits per heavy atom. The van der Waals surface area contributed by atoms with Crippen LogP contribution in [-0.4, -0.2) is 60.7 Å². The second kappa shape index (κ2) is 9.23. The third-order valence-electron chi connectivity index (χ3n) is 6.29. The maximum Gasteiger partial charge on any atom is 0.220 e. The first-order valence-electron chi connectivity index (χ1n) is 11.1. The highest BCUT2D eigenvalue weighted by atomic mass is 35.5. The quantitative estimate of drug-likeness (QED) is 0.469. The van der Waals surface area contributed by atoms with E-state index in [2.05, 4.69) is 25.5 Å².